The maximum absolute atomic E-state index is 5.94. The molecule has 2 aromatic carbocycles. The monoisotopic (exact) mass is 301 g/mol. The molecule has 2 rings (SSSR count). The van der Waals surface area contributed by atoms with E-state index in [1.54, 1.807) is 7.11 Å². The van der Waals surface area contributed by atoms with E-state index < -0.39 is 0 Å². The van der Waals surface area contributed by atoms with Gasteiger partial charge < -0.3 is 4.74 Å². The van der Waals surface area contributed by atoms with Crippen LogP contribution in [-0.2, 0) is 6.42 Å². The van der Waals surface area contributed by atoms with E-state index in [0.717, 1.165) is 36.5 Å². The summed E-state index contributed by atoms with van der Waals surface area (Å²) >= 11 is 5.94. The van der Waals surface area contributed by atoms with Crippen LogP contribution in [0.1, 0.15) is 36.3 Å². The predicted molar refractivity (Wildman–Crippen MR) is 90.1 cm³/mol. The number of ether oxygens (including phenoxy) is 1. The molecular formula is C19H22ClO. The van der Waals surface area contributed by atoms with Gasteiger partial charge in [-0.1, -0.05) is 42.8 Å². The largest absolute Gasteiger partial charge is 0.497 e. The fourth-order valence-electron chi connectivity index (χ4n) is 2.56. The van der Waals surface area contributed by atoms with Crippen molar-refractivity contribution in [3.05, 3.63) is 71.6 Å². The van der Waals surface area contributed by atoms with Crippen LogP contribution in [0.4, 0.5) is 0 Å². The highest BCUT2D eigenvalue weighted by atomic mass is 35.5. The van der Waals surface area contributed by atoms with Crippen molar-refractivity contribution < 1.29 is 4.74 Å². The van der Waals surface area contributed by atoms with E-state index in [4.69, 9.17) is 16.3 Å². The Morgan fingerprint density at radius 3 is 2.29 bits per heavy atom. The molecule has 21 heavy (non-hydrogen) atoms. The molecule has 1 atom stereocenters. The van der Waals surface area contributed by atoms with E-state index in [0.29, 0.717) is 5.92 Å². The number of hydrogen-bond donors (Lipinski definition) is 0. The normalized spacial score (nSPS) is 12.1. The lowest BCUT2D eigenvalue weighted by molar-refractivity contribution is 0.414. The Morgan fingerprint density at radius 2 is 1.71 bits per heavy atom. The minimum Gasteiger partial charge on any atom is -0.497 e. The second-order valence-electron chi connectivity index (χ2n) is 5.28. The lowest BCUT2D eigenvalue weighted by Gasteiger charge is -2.15. The molecule has 1 unspecified atom stereocenters. The van der Waals surface area contributed by atoms with Gasteiger partial charge in [0.15, 0.2) is 0 Å². The summed E-state index contributed by atoms with van der Waals surface area (Å²) in [5, 5.41) is 0.791. The van der Waals surface area contributed by atoms with E-state index in [2.05, 4.69) is 31.2 Å². The quantitative estimate of drug-likeness (QED) is 0.639. The number of halogens is 1. The third kappa shape index (κ3) is 4.78. The van der Waals surface area contributed by atoms with E-state index in [1.807, 2.05) is 24.3 Å². The summed E-state index contributed by atoms with van der Waals surface area (Å²) in [7, 11) is 1.69. The first kappa shape index (κ1) is 15.9. The minimum atomic E-state index is 0.514. The van der Waals surface area contributed by atoms with Gasteiger partial charge in [-0.2, -0.15) is 0 Å². The summed E-state index contributed by atoms with van der Waals surface area (Å²) in [5.74, 6) is 1.43. The molecule has 0 N–H and O–H groups in total. The summed E-state index contributed by atoms with van der Waals surface area (Å²) in [6.07, 6.45) is 4.32. The van der Waals surface area contributed by atoms with Crippen molar-refractivity contribution in [2.75, 3.05) is 7.11 Å². The number of benzene rings is 2. The SMILES string of the molecule is [CH2]CC(CCCc1ccc(OC)cc1)c1ccc(Cl)cc1. The van der Waals surface area contributed by atoms with Crippen LogP contribution in [0.2, 0.25) is 5.02 Å². The van der Waals surface area contributed by atoms with Gasteiger partial charge in [0.05, 0.1) is 7.11 Å². The Labute approximate surface area is 132 Å². The molecule has 0 aliphatic carbocycles. The van der Waals surface area contributed by atoms with Crippen molar-refractivity contribution >= 4 is 11.6 Å². The molecule has 1 nitrogen and oxygen atoms in total. The maximum atomic E-state index is 5.94. The Hall–Kier alpha value is -1.47. The average Bonchev–Trinajstić information content (AvgIpc) is 2.53. The summed E-state index contributed by atoms with van der Waals surface area (Å²) in [6.45, 7) is 4.08. The lowest BCUT2D eigenvalue weighted by Crippen LogP contribution is -1.98. The van der Waals surface area contributed by atoms with Gasteiger partial charge in [-0.3, -0.25) is 0 Å². The Balaban J connectivity index is 1.86. The van der Waals surface area contributed by atoms with Crippen LogP contribution in [0.3, 0.4) is 0 Å². The van der Waals surface area contributed by atoms with Crippen molar-refractivity contribution in [1.29, 1.82) is 0 Å². The molecule has 111 valence electrons. The van der Waals surface area contributed by atoms with E-state index in [-0.39, 0.29) is 0 Å². The van der Waals surface area contributed by atoms with Gasteiger partial charge in [-0.15, -0.1) is 0 Å². The van der Waals surface area contributed by atoms with Gasteiger partial charge in [0.25, 0.3) is 0 Å². The molecule has 0 amide bonds. The molecule has 0 aromatic heterocycles. The molecule has 0 heterocycles. The highest BCUT2D eigenvalue weighted by Crippen LogP contribution is 2.26. The zero-order valence-electron chi connectivity index (χ0n) is 12.5. The molecule has 0 spiro atoms. The van der Waals surface area contributed by atoms with Crippen molar-refractivity contribution in [1.82, 2.24) is 0 Å². The first-order valence-corrected chi connectivity index (χ1v) is 7.78. The van der Waals surface area contributed by atoms with Gasteiger partial charge in [0.2, 0.25) is 0 Å². The van der Waals surface area contributed by atoms with Crippen molar-refractivity contribution in [3.63, 3.8) is 0 Å². The highest BCUT2D eigenvalue weighted by molar-refractivity contribution is 6.30. The van der Waals surface area contributed by atoms with Crippen LogP contribution in [0, 0.1) is 6.92 Å². The average molecular weight is 302 g/mol. The third-order valence-corrected chi connectivity index (χ3v) is 4.12. The van der Waals surface area contributed by atoms with Crippen LogP contribution >= 0.6 is 11.6 Å². The number of aryl methyl sites for hydroxylation is 1. The lowest BCUT2D eigenvalue weighted by atomic mass is 9.90. The van der Waals surface area contributed by atoms with Crippen LogP contribution in [0.5, 0.6) is 5.75 Å². The smallest absolute Gasteiger partial charge is 0.118 e. The molecule has 0 bridgehead atoms. The van der Waals surface area contributed by atoms with Crippen LogP contribution in [0.15, 0.2) is 48.5 Å². The molecule has 0 saturated carbocycles. The summed E-state index contributed by atoms with van der Waals surface area (Å²) in [5.41, 5.74) is 2.69. The fourth-order valence-corrected chi connectivity index (χ4v) is 2.68. The van der Waals surface area contributed by atoms with E-state index in [1.165, 1.54) is 11.1 Å². The number of hydrogen-bond acceptors (Lipinski definition) is 1. The minimum absolute atomic E-state index is 0.514. The molecule has 2 heteroatoms. The highest BCUT2D eigenvalue weighted by Gasteiger charge is 2.09. The van der Waals surface area contributed by atoms with Gasteiger partial charge in [0, 0.05) is 5.02 Å². The summed E-state index contributed by atoms with van der Waals surface area (Å²) in [6, 6.07) is 16.5. The Morgan fingerprint density at radius 1 is 1.05 bits per heavy atom. The van der Waals surface area contributed by atoms with Crippen molar-refractivity contribution in [2.45, 2.75) is 31.6 Å². The topological polar surface area (TPSA) is 9.23 Å². The Bertz CT molecular complexity index is 530. The van der Waals surface area contributed by atoms with Crippen LogP contribution in [0.25, 0.3) is 0 Å². The van der Waals surface area contributed by atoms with Crippen molar-refractivity contribution in [2.24, 2.45) is 0 Å². The zero-order chi connectivity index (χ0) is 15.1. The van der Waals surface area contributed by atoms with Gasteiger partial charge in [-0.05, 0) is 67.0 Å². The summed E-state index contributed by atoms with van der Waals surface area (Å²) < 4.78 is 5.18. The third-order valence-electron chi connectivity index (χ3n) is 3.87. The van der Waals surface area contributed by atoms with Crippen LogP contribution < -0.4 is 4.74 Å². The Kier molecular flexibility index (Phi) is 6.13. The van der Waals surface area contributed by atoms with Gasteiger partial charge >= 0.3 is 0 Å². The molecular weight excluding hydrogens is 280 g/mol. The molecule has 0 aliphatic rings. The molecule has 0 fully saturated rings. The maximum Gasteiger partial charge on any atom is 0.118 e. The number of methoxy groups -OCH3 is 1. The van der Waals surface area contributed by atoms with Crippen molar-refractivity contribution in [3.8, 4) is 5.75 Å². The second-order valence-corrected chi connectivity index (χ2v) is 5.71. The molecule has 1 radical (unpaired) electrons. The predicted octanol–water partition coefficient (Wildman–Crippen LogP) is 5.68. The second kappa shape index (κ2) is 8.09. The summed E-state index contributed by atoms with van der Waals surface area (Å²) in [4.78, 5) is 0. The molecule has 0 saturated heterocycles. The number of rotatable bonds is 7. The van der Waals surface area contributed by atoms with Gasteiger partial charge in [0.1, 0.15) is 5.75 Å². The standard InChI is InChI=1S/C19H22ClO/c1-3-16(17-9-11-18(20)12-10-17)6-4-5-15-7-13-19(21-2)14-8-15/h7-14,16H,1,3-6H2,2H3. The van der Waals surface area contributed by atoms with Crippen LogP contribution in [-0.4, -0.2) is 7.11 Å². The van der Waals surface area contributed by atoms with Gasteiger partial charge in [-0.25, -0.2) is 0 Å². The van der Waals surface area contributed by atoms with E-state index >= 15 is 0 Å². The first-order chi connectivity index (χ1) is 10.2. The zero-order valence-corrected chi connectivity index (χ0v) is 13.3. The first-order valence-electron chi connectivity index (χ1n) is 7.40. The van der Waals surface area contributed by atoms with E-state index in [9.17, 15) is 0 Å². The molecule has 2 aromatic rings. The fraction of sp³-hybridized carbons (Fsp3) is 0.316. The molecule has 0 aliphatic heterocycles.